The van der Waals surface area contributed by atoms with Gasteiger partial charge >= 0.3 is 0 Å². The van der Waals surface area contributed by atoms with E-state index >= 15 is 0 Å². The van der Waals surface area contributed by atoms with Gasteiger partial charge in [0.1, 0.15) is 0 Å². The first-order valence-electron chi connectivity index (χ1n) is 7.15. The summed E-state index contributed by atoms with van der Waals surface area (Å²) in [6.45, 7) is 8.92. The van der Waals surface area contributed by atoms with Crippen LogP contribution >= 0.6 is 24.8 Å². The second kappa shape index (κ2) is 10.0. The second-order valence-electron chi connectivity index (χ2n) is 5.67. The standard InChI is InChI=1S/C16H23N3.2ClH/c1-13(2)11-16(19-9-7-18-8-10-19)15-5-3-14(12-17)4-6-15;;/h3-6,13,16,18H,7-11H2,1-2H3;2*1H/t16-;;/m1../s1. The molecule has 1 aliphatic heterocycles. The fourth-order valence-electron chi connectivity index (χ4n) is 2.72. The average Bonchev–Trinajstić information content (AvgIpc) is 2.46. The Morgan fingerprint density at radius 1 is 1.14 bits per heavy atom. The molecule has 1 fully saturated rings. The van der Waals surface area contributed by atoms with E-state index in [4.69, 9.17) is 5.26 Å². The van der Waals surface area contributed by atoms with Crippen molar-refractivity contribution in [3.8, 4) is 6.07 Å². The number of hydrogen-bond acceptors (Lipinski definition) is 3. The van der Waals surface area contributed by atoms with E-state index in [-0.39, 0.29) is 24.8 Å². The van der Waals surface area contributed by atoms with Crippen molar-refractivity contribution in [1.82, 2.24) is 10.2 Å². The molecule has 0 radical (unpaired) electrons. The Kier molecular flexibility index (Phi) is 9.65. The third kappa shape index (κ3) is 5.84. The Labute approximate surface area is 140 Å². The minimum Gasteiger partial charge on any atom is -0.314 e. The highest BCUT2D eigenvalue weighted by Crippen LogP contribution is 2.28. The van der Waals surface area contributed by atoms with E-state index in [1.807, 2.05) is 12.1 Å². The van der Waals surface area contributed by atoms with E-state index < -0.39 is 0 Å². The third-order valence-electron chi connectivity index (χ3n) is 3.71. The molecule has 1 aromatic rings. The highest BCUT2D eigenvalue weighted by Gasteiger charge is 2.22. The molecule has 21 heavy (non-hydrogen) atoms. The smallest absolute Gasteiger partial charge is 0.0991 e. The van der Waals surface area contributed by atoms with E-state index in [1.54, 1.807) is 0 Å². The van der Waals surface area contributed by atoms with Crippen molar-refractivity contribution in [3.63, 3.8) is 0 Å². The van der Waals surface area contributed by atoms with Gasteiger partial charge in [0.2, 0.25) is 0 Å². The Bertz CT molecular complexity index is 434. The van der Waals surface area contributed by atoms with Gasteiger partial charge in [0.05, 0.1) is 11.6 Å². The number of nitrogens with zero attached hydrogens (tertiary/aromatic N) is 2. The van der Waals surface area contributed by atoms with E-state index in [0.29, 0.717) is 12.0 Å². The summed E-state index contributed by atoms with van der Waals surface area (Å²) in [7, 11) is 0. The highest BCUT2D eigenvalue weighted by atomic mass is 35.5. The molecule has 118 valence electrons. The maximum absolute atomic E-state index is 8.89. The van der Waals surface area contributed by atoms with Crippen molar-refractivity contribution in [2.45, 2.75) is 26.3 Å². The van der Waals surface area contributed by atoms with Gasteiger partial charge in [0.25, 0.3) is 0 Å². The van der Waals surface area contributed by atoms with Gasteiger partial charge in [0, 0.05) is 32.2 Å². The molecule has 1 aliphatic rings. The molecule has 0 spiro atoms. The minimum atomic E-state index is 0. The molecule has 5 heteroatoms. The second-order valence-corrected chi connectivity index (χ2v) is 5.67. The monoisotopic (exact) mass is 329 g/mol. The SMILES string of the molecule is CC(C)C[C@H](c1ccc(C#N)cc1)N1CCNCC1.Cl.Cl. The summed E-state index contributed by atoms with van der Waals surface area (Å²) >= 11 is 0. The fraction of sp³-hybridized carbons (Fsp3) is 0.562. The van der Waals surface area contributed by atoms with E-state index in [0.717, 1.165) is 31.7 Å². The number of rotatable bonds is 4. The van der Waals surface area contributed by atoms with Crippen LogP contribution in [0.5, 0.6) is 0 Å². The first-order chi connectivity index (χ1) is 9.20. The predicted molar refractivity (Wildman–Crippen MR) is 92.3 cm³/mol. The molecule has 1 atom stereocenters. The van der Waals surface area contributed by atoms with Crippen LogP contribution in [0.1, 0.15) is 37.4 Å². The van der Waals surface area contributed by atoms with Crippen molar-refractivity contribution in [3.05, 3.63) is 35.4 Å². The topological polar surface area (TPSA) is 39.1 Å². The number of piperazine rings is 1. The van der Waals surface area contributed by atoms with Crippen LogP contribution in [0.15, 0.2) is 24.3 Å². The molecule has 2 rings (SSSR count). The van der Waals surface area contributed by atoms with Gasteiger partial charge in [-0.2, -0.15) is 5.26 Å². The lowest BCUT2D eigenvalue weighted by atomic mass is 9.94. The molecule has 1 N–H and O–H groups in total. The maximum atomic E-state index is 8.89. The third-order valence-corrected chi connectivity index (χ3v) is 3.71. The lowest BCUT2D eigenvalue weighted by molar-refractivity contribution is 0.154. The number of halogens is 2. The minimum absolute atomic E-state index is 0. The summed E-state index contributed by atoms with van der Waals surface area (Å²) in [5, 5.41) is 12.3. The lowest BCUT2D eigenvalue weighted by Gasteiger charge is -2.36. The Morgan fingerprint density at radius 2 is 1.71 bits per heavy atom. The zero-order valence-electron chi connectivity index (χ0n) is 12.7. The molecule has 0 aliphatic carbocycles. The fourth-order valence-corrected chi connectivity index (χ4v) is 2.72. The van der Waals surface area contributed by atoms with E-state index in [9.17, 15) is 0 Å². The largest absolute Gasteiger partial charge is 0.314 e. The van der Waals surface area contributed by atoms with Gasteiger partial charge in [-0.15, -0.1) is 24.8 Å². The summed E-state index contributed by atoms with van der Waals surface area (Å²) in [5.41, 5.74) is 2.09. The van der Waals surface area contributed by atoms with Crippen LogP contribution in [-0.4, -0.2) is 31.1 Å². The van der Waals surface area contributed by atoms with Crippen molar-refractivity contribution in [2.75, 3.05) is 26.2 Å². The number of nitrogens with one attached hydrogen (secondary N) is 1. The molecule has 0 amide bonds. The van der Waals surface area contributed by atoms with Crippen LogP contribution in [0.2, 0.25) is 0 Å². The summed E-state index contributed by atoms with van der Waals surface area (Å²) in [6, 6.07) is 10.8. The van der Waals surface area contributed by atoms with Gasteiger partial charge in [-0.25, -0.2) is 0 Å². The molecule has 0 unspecified atom stereocenters. The maximum Gasteiger partial charge on any atom is 0.0991 e. The first kappa shape index (κ1) is 20.2. The van der Waals surface area contributed by atoms with Crippen LogP contribution in [0.3, 0.4) is 0 Å². The average molecular weight is 330 g/mol. The van der Waals surface area contributed by atoms with Crippen LogP contribution < -0.4 is 5.32 Å². The van der Waals surface area contributed by atoms with E-state index in [2.05, 4.69) is 42.3 Å². The summed E-state index contributed by atoms with van der Waals surface area (Å²) in [4.78, 5) is 2.57. The molecule has 3 nitrogen and oxygen atoms in total. The van der Waals surface area contributed by atoms with Gasteiger partial charge in [0.15, 0.2) is 0 Å². The van der Waals surface area contributed by atoms with Gasteiger partial charge < -0.3 is 5.32 Å². The molecule has 1 saturated heterocycles. The molecule has 0 aromatic heterocycles. The normalized spacial score (nSPS) is 16.5. The molecule has 1 aromatic carbocycles. The molecule has 0 saturated carbocycles. The van der Waals surface area contributed by atoms with Crippen molar-refractivity contribution < 1.29 is 0 Å². The van der Waals surface area contributed by atoms with Gasteiger partial charge in [-0.1, -0.05) is 26.0 Å². The predicted octanol–water partition coefficient (Wildman–Crippen LogP) is 3.39. The number of hydrogen-bond donors (Lipinski definition) is 1. The molecule has 0 bridgehead atoms. The molecular formula is C16H25Cl2N3. The summed E-state index contributed by atoms with van der Waals surface area (Å²) in [5.74, 6) is 0.676. The first-order valence-corrected chi connectivity index (χ1v) is 7.15. The molecular weight excluding hydrogens is 305 g/mol. The van der Waals surface area contributed by atoms with Gasteiger partial charge in [-0.05, 0) is 30.0 Å². The Hall–Kier alpha value is -0.790. The number of nitriles is 1. The quantitative estimate of drug-likeness (QED) is 0.920. The van der Waals surface area contributed by atoms with E-state index in [1.165, 1.54) is 12.0 Å². The van der Waals surface area contributed by atoms with Crippen molar-refractivity contribution >= 4 is 24.8 Å². The molecule has 1 heterocycles. The van der Waals surface area contributed by atoms with Gasteiger partial charge in [-0.3, -0.25) is 4.90 Å². The van der Waals surface area contributed by atoms with Crippen molar-refractivity contribution in [2.24, 2.45) is 5.92 Å². The van der Waals surface area contributed by atoms with Crippen molar-refractivity contribution in [1.29, 1.82) is 5.26 Å². The van der Waals surface area contributed by atoms with Crippen LogP contribution in [-0.2, 0) is 0 Å². The summed E-state index contributed by atoms with van der Waals surface area (Å²) < 4.78 is 0. The number of benzene rings is 1. The Balaban J connectivity index is 0.00000200. The highest BCUT2D eigenvalue weighted by molar-refractivity contribution is 5.85. The lowest BCUT2D eigenvalue weighted by Crippen LogP contribution is -2.45. The summed E-state index contributed by atoms with van der Waals surface area (Å²) in [6.07, 6.45) is 1.17. The zero-order valence-corrected chi connectivity index (χ0v) is 14.3. The zero-order chi connectivity index (χ0) is 13.7. The van der Waals surface area contributed by atoms with Crippen LogP contribution in [0.25, 0.3) is 0 Å². The van der Waals surface area contributed by atoms with Crippen LogP contribution in [0.4, 0.5) is 0 Å². The van der Waals surface area contributed by atoms with Crippen LogP contribution in [0, 0.1) is 17.2 Å². The Morgan fingerprint density at radius 3 is 2.19 bits per heavy atom.